The predicted octanol–water partition coefficient (Wildman–Crippen LogP) is 10.3. The van der Waals surface area contributed by atoms with Crippen LogP contribution in [0.1, 0.15) is 119 Å². The van der Waals surface area contributed by atoms with Crippen molar-refractivity contribution < 1.29 is 134 Å². The van der Waals surface area contributed by atoms with E-state index in [2.05, 4.69) is 92.8 Å². The summed E-state index contributed by atoms with van der Waals surface area (Å²) in [7, 11) is 0. The molecule has 0 bridgehead atoms. The number of hydrogen-bond donors (Lipinski definition) is 1. The number of aliphatic hydroxyl groups excluding tert-OH is 1. The van der Waals surface area contributed by atoms with Gasteiger partial charge >= 0.3 is 59.7 Å². The van der Waals surface area contributed by atoms with Crippen molar-refractivity contribution in [1.29, 1.82) is 0 Å². The highest BCUT2D eigenvalue weighted by Crippen LogP contribution is 2.27. The highest BCUT2D eigenvalue weighted by atomic mass is 16.6. The number of aliphatic hydroxyl groups is 1. The Morgan fingerprint density at radius 1 is 0.355 bits per heavy atom. The van der Waals surface area contributed by atoms with Gasteiger partial charge in [-0.25, -0.2) is 43.2 Å². The smallest absolute Gasteiger partial charge is 0.330 e. The van der Waals surface area contributed by atoms with E-state index in [-0.39, 0.29) is 117 Å². The Morgan fingerprint density at radius 2 is 0.701 bits per heavy atom. The van der Waals surface area contributed by atoms with Crippen molar-refractivity contribution in [2.75, 3.05) is 132 Å². The molecular weight excluding hydrogens is 1400 g/mol. The first kappa shape index (κ1) is 104. The Balaban J connectivity index is -0.000000685. The molecule has 107 heavy (non-hydrogen) atoms. The third-order valence-electron chi connectivity index (χ3n) is 14.2. The Hall–Kier alpha value is -8.90. The number of carbonyl (C=O) groups is 10. The summed E-state index contributed by atoms with van der Waals surface area (Å²) in [6.07, 6.45) is 24.5. The summed E-state index contributed by atoms with van der Waals surface area (Å²) in [5.41, 5.74) is -3.92. The third kappa shape index (κ3) is 60.9. The lowest BCUT2D eigenvalue weighted by Crippen LogP contribution is -2.46. The number of ether oxygens (including phenoxy) is 17. The van der Waals surface area contributed by atoms with Gasteiger partial charge in [-0.3, -0.25) is 4.79 Å². The molecule has 3 unspecified atom stereocenters. The molecule has 0 spiro atoms. The predicted molar refractivity (Wildman–Crippen MR) is 401 cm³/mol. The SMILES string of the molecule is C=CC(=C)OC(C)CCCCCCCCCC.C=CC(=O)OCC(CO)(COCC(COC(=O)C=C)(COC(=O)C=C)COC(=O)C=C)COC(=O)C=C.C=CC(=O)OCCOCC(CC)(COCCOC(=O)C=C)COCCOC(=O)C=C.C=CCC(=O)OC(C)COCC(C)(C)OCC(C)OC(=O)C=C. The zero-order valence-corrected chi connectivity index (χ0v) is 64.5. The Bertz CT molecular complexity index is 2550. The number of allylic oxidation sites excluding steroid dienone is 1. The van der Waals surface area contributed by atoms with Crippen molar-refractivity contribution >= 4 is 59.7 Å². The topological polar surface area (TPSA) is 348 Å². The van der Waals surface area contributed by atoms with Crippen LogP contribution in [0.3, 0.4) is 0 Å². The number of rotatable bonds is 63. The number of carbonyl (C=O) groups excluding carboxylic acids is 10. The Morgan fingerprint density at radius 3 is 1.06 bits per heavy atom. The highest BCUT2D eigenvalue weighted by Gasteiger charge is 2.40. The van der Waals surface area contributed by atoms with Crippen molar-refractivity contribution in [3.8, 4) is 0 Å². The standard InChI is InChI=1S/C25H32O12.C21H32O9.C17H28O6.C16H30O/c1-6-19(27)33-14-24(11-26,15-34-20(28)7-2)12-32-13-25(16-35-21(29)8-3,17-36-22(30)9-4)18-37-23(31)10-5;1-5-18(22)28-12-9-25-15-21(8-4,16-26-10-13-29-19(23)6-2)17-27-11-14-30-20(24)7-3;1-7-9-16(19)23-13(3)10-20-12-17(5,6)21-11-14(4)22-15(18)8-2;1-5-7-8-9-10-11-12-13-14-16(4)17-15(3)6-2/h6-10,26H,1-5,11-18H2;5-7H,1-3,8-17H2,4H3;7-8,13-14H,1-2,9-12H2,3-6H3;6,16H,2-3,5,7-14H2,1,4H3. The van der Waals surface area contributed by atoms with Gasteiger partial charge in [-0.05, 0) is 60.0 Å². The van der Waals surface area contributed by atoms with Gasteiger partial charge in [-0.1, -0.05) is 137 Å². The van der Waals surface area contributed by atoms with Gasteiger partial charge in [0, 0.05) is 60.1 Å². The number of esters is 10. The lowest BCUT2D eigenvalue weighted by Gasteiger charge is -2.34. The van der Waals surface area contributed by atoms with Crippen molar-refractivity contribution in [2.45, 2.75) is 143 Å². The van der Waals surface area contributed by atoms with E-state index in [1.807, 2.05) is 20.8 Å². The average molecular weight is 1520 g/mol. The van der Waals surface area contributed by atoms with Crippen molar-refractivity contribution in [1.82, 2.24) is 0 Å². The van der Waals surface area contributed by atoms with Gasteiger partial charge in [0.2, 0.25) is 0 Å². The third-order valence-corrected chi connectivity index (χ3v) is 14.2. The lowest BCUT2D eigenvalue weighted by atomic mass is 9.88. The molecule has 0 aromatic carbocycles. The van der Waals surface area contributed by atoms with Gasteiger partial charge in [0.05, 0.1) is 108 Å². The van der Waals surface area contributed by atoms with Crippen LogP contribution < -0.4 is 0 Å². The normalized spacial score (nSPS) is 11.6. The van der Waals surface area contributed by atoms with E-state index in [9.17, 15) is 53.1 Å². The largest absolute Gasteiger partial charge is 0.491 e. The van der Waals surface area contributed by atoms with Crippen LogP contribution in [0.2, 0.25) is 0 Å². The number of hydrogen-bond acceptors (Lipinski definition) is 28. The first-order valence-corrected chi connectivity index (χ1v) is 35.0. The molecule has 0 saturated carbocycles. The molecule has 3 atom stereocenters. The maximum atomic E-state index is 11.7. The van der Waals surface area contributed by atoms with Gasteiger partial charge < -0.3 is 85.6 Å². The van der Waals surface area contributed by atoms with Crippen LogP contribution in [-0.2, 0) is 128 Å². The van der Waals surface area contributed by atoms with Crippen LogP contribution >= 0.6 is 0 Å². The van der Waals surface area contributed by atoms with Crippen LogP contribution in [0.4, 0.5) is 0 Å². The van der Waals surface area contributed by atoms with E-state index in [4.69, 9.17) is 80.5 Å². The minimum absolute atomic E-state index is 0.0986. The van der Waals surface area contributed by atoms with E-state index in [1.54, 1.807) is 19.9 Å². The fourth-order valence-electron chi connectivity index (χ4n) is 7.98. The van der Waals surface area contributed by atoms with Gasteiger partial charge in [-0.15, -0.1) is 6.58 Å². The fourth-order valence-corrected chi connectivity index (χ4v) is 7.98. The monoisotopic (exact) mass is 1520 g/mol. The molecule has 0 fully saturated rings. The van der Waals surface area contributed by atoms with Crippen LogP contribution in [0.25, 0.3) is 0 Å². The minimum Gasteiger partial charge on any atom is -0.491 e. The number of unbranched alkanes of at least 4 members (excludes halogenated alkanes) is 7. The summed E-state index contributed by atoms with van der Waals surface area (Å²) in [5.74, 6) is -5.71. The second-order valence-electron chi connectivity index (χ2n) is 24.5. The van der Waals surface area contributed by atoms with Gasteiger partial charge in [-0.2, -0.15) is 0 Å². The quantitative estimate of drug-likeness (QED) is 0.0112. The van der Waals surface area contributed by atoms with Crippen LogP contribution in [0.15, 0.2) is 152 Å². The molecular formula is C79H122O28. The molecule has 28 heteroatoms. The first-order valence-electron chi connectivity index (χ1n) is 35.0. The molecule has 28 nitrogen and oxygen atoms in total. The second kappa shape index (κ2) is 66.5. The molecule has 0 aliphatic rings. The molecule has 0 aromatic rings. The molecule has 0 amide bonds. The molecule has 0 radical (unpaired) electrons. The van der Waals surface area contributed by atoms with E-state index in [0.29, 0.717) is 18.8 Å². The van der Waals surface area contributed by atoms with Gasteiger partial charge in [0.15, 0.2) is 0 Å². The van der Waals surface area contributed by atoms with E-state index in [1.165, 1.54) is 57.4 Å². The summed E-state index contributed by atoms with van der Waals surface area (Å²) >= 11 is 0. The van der Waals surface area contributed by atoms with Crippen molar-refractivity contribution in [3.63, 3.8) is 0 Å². The molecule has 0 heterocycles. The van der Waals surface area contributed by atoms with Gasteiger partial charge in [0.1, 0.15) is 70.8 Å². The minimum atomic E-state index is -1.44. The highest BCUT2D eigenvalue weighted by molar-refractivity contribution is 5.84. The summed E-state index contributed by atoms with van der Waals surface area (Å²) in [6.45, 7) is 53.2. The first-order chi connectivity index (χ1) is 50.9. The van der Waals surface area contributed by atoms with Crippen LogP contribution in [0, 0.1) is 16.2 Å². The summed E-state index contributed by atoms with van der Waals surface area (Å²) in [4.78, 5) is 114. The average Bonchev–Trinajstić information content (AvgIpc) is 0.787. The summed E-state index contributed by atoms with van der Waals surface area (Å²) < 4.78 is 89.5. The molecule has 606 valence electrons. The molecule has 0 aromatic heterocycles. The fraction of sp³-hybridized carbons (Fsp3) is 0.570. The van der Waals surface area contributed by atoms with Gasteiger partial charge in [0.25, 0.3) is 0 Å². The maximum Gasteiger partial charge on any atom is 0.330 e. The maximum absolute atomic E-state index is 11.7. The second-order valence-corrected chi connectivity index (χ2v) is 24.5. The van der Waals surface area contributed by atoms with Crippen LogP contribution in [0.5, 0.6) is 0 Å². The van der Waals surface area contributed by atoms with E-state index < -0.39 is 115 Å². The molecule has 0 saturated heterocycles. The van der Waals surface area contributed by atoms with E-state index >= 15 is 0 Å². The Labute approximate surface area is 633 Å². The molecule has 0 aliphatic carbocycles. The van der Waals surface area contributed by atoms with E-state index in [0.717, 1.165) is 61.1 Å². The van der Waals surface area contributed by atoms with Crippen LogP contribution in [-0.4, -0.2) is 221 Å². The molecule has 0 rings (SSSR count). The lowest BCUT2D eigenvalue weighted by molar-refractivity contribution is -0.167. The van der Waals surface area contributed by atoms with Crippen molar-refractivity contribution in [2.24, 2.45) is 16.2 Å². The molecule has 1 N–H and O–H groups in total. The zero-order valence-electron chi connectivity index (χ0n) is 64.5. The Kier molecular flexibility index (Phi) is 64.9. The molecule has 0 aliphatic heterocycles. The summed E-state index contributed by atoms with van der Waals surface area (Å²) in [5, 5.41) is 10.0. The van der Waals surface area contributed by atoms with Crippen molar-refractivity contribution in [3.05, 3.63) is 152 Å². The zero-order chi connectivity index (χ0) is 81.8. The summed E-state index contributed by atoms with van der Waals surface area (Å²) in [6, 6.07) is 0.